The Hall–Kier alpha value is -1.77. The van der Waals surface area contributed by atoms with Gasteiger partial charge in [0, 0.05) is 12.2 Å². The fraction of sp³-hybridized carbons (Fsp3) is 0.438. The number of nitrogens with one attached hydrogen (secondary N) is 1. The van der Waals surface area contributed by atoms with Crippen molar-refractivity contribution >= 4 is 11.6 Å². The molecular formula is C16H23N3. The summed E-state index contributed by atoms with van der Waals surface area (Å²) in [6.45, 7) is 2.92. The molecule has 0 atom stereocenters. The van der Waals surface area contributed by atoms with Gasteiger partial charge in [0.15, 0.2) is 5.96 Å². The van der Waals surface area contributed by atoms with Gasteiger partial charge in [-0.2, -0.15) is 0 Å². The Bertz CT molecular complexity index is 475. The lowest BCUT2D eigenvalue weighted by atomic mass is 10.1. The number of guanidine groups is 1. The monoisotopic (exact) mass is 257 g/mol. The van der Waals surface area contributed by atoms with Gasteiger partial charge in [-0.05, 0) is 49.8 Å². The Morgan fingerprint density at radius 2 is 2.32 bits per heavy atom. The lowest BCUT2D eigenvalue weighted by molar-refractivity contribution is 0.850. The molecule has 0 aromatic heterocycles. The summed E-state index contributed by atoms with van der Waals surface area (Å²) in [6, 6.07) is 8.28. The van der Waals surface area contributed by atoms with Crippen LogP contribution in [0.2, 0.25) is 0 Å². The summed E-state index contributed by atoms with van der Waals surface area (Å²) in [5.74, 6) is 0.506. The lowest BCUT2D eigenvalue weighted by Crippen LogP contribution is -2.22. The third-order valence-electron chi connectivity index (χ3n) is 3.46. The zero-order valence-corrected chi connectivity index (χ0v) is 11.7. The molecule has 3 heteroatoms. The van der Waals surface area contributed by atoms with E-state index in [1.165, 1.54) is 30.4 Å². The highest BCUT2D eigenvalue weighted by Crippen LogP contribution is 2.20. The van der Waals surface area contributed by atoms with Crippen molar-refractivity contribution in [3.63, 3.8) is 0 Å². The van der Waals surface area contributed by atoms with Crippen molar-refractivity contribution < 1.29 is 0 Å². The second-order valence-electron chi connectivity index (χ2n) is 4.95. The SMILES string of the molecule is CCc1cccc(NC(N)=NCCC2=CCCC2)c1. The molecular weight excluding hydrogens is 234 g/mol. The molecule has 1 aliphatic rings. The number of nitrogens with zero attached hydrogens (tertiary/aromatic N) is 1. The molecule has 0 fully saturated rings. The number of allylic oxidation sites excluding steroid dienone is 1. The first kappa shape index (κ1) is 13.7. The second-order valence-corrected chi connectivity index (χ2v) is 4.95. The fourth-order valence-corrected chi connectivity index (χ4v) is 2.34. The van der Waals surface area contributed by atoms with Gasteiger partial charge in [-0.15, -0.1) is 0 Å². The number of hydrogen-bond donors (Lipinski definition) is 2. The molecule has 0 bridgehead atoms. The fourth-order valence-electron chi connectivity index (χ4n) is 2.34. The van der Waals surface area contributed by atoms with Gasteiger partial charge in [-0.1, -0.05) is 30.7 Å². The maximum Gasteiger partial charge on any atom is 0.193 e. The standard InChI is InChI=1S/C16H23N3/c1-2-13-8-5-9-15(12-13)19-16(17)18-11-10-14-6-3-4-7-14/h5-6,8-9,12H,2-4,7,10-11H2,1H3,(H3,17,18,19). The third-order valence-corrected chi connectivity index (χ3v) is 3.46. The van der Waals surface area contributed by atoms with Crippen LogP contribution in [0.1, 0.15) is 38.2 Å². The van der Waals surface area contributed by atoms with E-state index < -0.39 is 0 Å². The van der Waals surface area contributed by atoms with Crippen LogP contribution in [0.15, 0.2) is 40.9 Å². The molecule has 0 radical (unpaired) electrons. The molecule has 0 heterocycles. The van der Waals surface area contributed by atoms with Gasteiger partial charge < -0.3 is 11.1 Å². The van der Waals surface area contributed by atoms with Crippen LogP contribution in [0.3, 0.4) is 0 Å². The van der Waals surface area contributed by atoms with Crippen molar-refractivity contribution in [2.24, 2.45) is 10.7 Å². The molecule has 0 spiro atoms. The first-order valence-corrected chi connectivity index (χ1v) is 7.11. The van der Waals surface area contributed by atoms with Gasteiger partial charge in [0.1, 0.15) is 0 Å². The number of aryl methyl sites for hydroxylation is 1. The first-order valence-electron chi connectivity index (χ1n) is 7.11. The average Bonchev–Trinajstić information content (AvgIpc) is 2.92. The Morgan fingerprint density at radius 3 is 3.05 bits per heavy atom. The predicted octanol–water partition coefficient (Wildman–Crippen LogP) is 3.48. The molecule has 0 saturated carbocycles. The number of hydrogen-bond acceptors (Lipinski definition) is 1. The molecule has 0 aliphatic heterocycles. The molecule has 0 amide bonds. The van der Waals surface area contributed by atoms with Crippen LogP contribution in [0.4, 0.5) is 5.69 Å². The molecule has 0 saturated heterocycles. The van der Waals surface area contributed by atoms with Crippen molar-refractivity contribution in [1.29, 1.82) is 0 Å². The summed E-state index contributed by atoms with van der Waals surface area (Å²) in [4.78, 5) is 4.38. The van der Waals surface area contributed by atoms with Crippen molar-refractivity contribution in [3.8, 4) is 0 Å². The second kappa shape index (κ2) is 6.98. The van der Waals surface area contributed by atoms with Gasteiger partial charge in [-0.25, -0.2) is 0 Å². The van der Waals surface area contributed by atoms with E-state index in [9.17, 15) is 0 Å². The summed E-state index contributed by atoms with van der Waals surface area (Å²) in [5.41, 5.74) is 9.75. The Balaban J connectivity index is 1.83. The Labute approximate surface area is 115 Å². The highest BCUT2D eigenvalue weighted by Gasteiger charge is 2.03. The molecule has 102 valence electrons. The van der Waals surface area contributed by atoms with Crippen molar-refractivity contribution in [2.45, 2.75) is 39.0 Å². The van der Waals surface area contributed by atoms with Crippen LogP contribution in [0, 0.1) is 0 Å². The molecule has 19 heavy (non-hydrogen) atoms. The van der Waals surface area contributed by atoms with Gasteiger partial charge in [-0.3, -0.25) is 4.99 Å². The van der Waals surface area contributed by atoms with Crippen LogP contribution in [0.25, 0.3) is 0 Å². The summed E-state index contributed by atoms with van der Waals surface area (Å²) >= 11 is 0. The first-order chi connectivity index (χ1) is 9.28. The quantitative estimate of drug-likeness (QED) is 0.482. The van der Waals surface area contributed by atoms with Crippen LogP contribution >= 0.6 is 0 Å². The predicted molar refractivity (Wildman–Crippen MR) is 82.5 cm³/mol. The minimum atomic E-state index is 0.506. The topological polar surface area (TPSA) is 50.4 Å². The van der Waals surface area contributed by atoms with Gasteiger partial charge in [0.05, 0.1) is 0 Å². The van der Waals surface area contributed by atoms with E-state index >= 15 is 0 Å². The van der Waals surface area contributed by atoms with Gasteiger partial charge >= 0.3 is 0 Å². The zero-order chi connectivity index (χ0) is 13.5. The summed E-state index contributed by atoms with van der Waals surface area (Å²) in [7, 11) is 0. The third kappa shape index (κ3) is 4.43. The minimum Gasteiger partial charge on any atom is -0.370 e. The smallest absolute Gasteiger partial charge is 0.193 e. The van der Waals surface area contributed by atoms with E-state index in [1.54, 1.807) is 0 Å². The Morgan fingerprint density at radius 1 is 1.42 bits per heavy atom. The normalized spacial score (nSPS) is 15.4. The number of benzene rings is 1. The van der Waals surface area contributed by atoms with Gasteiger partial charge in [0.25, 0.3) is 0 Å². The van der Waals surface area contributed by atoms with Crippen LogP contribution in [-0.2, 0) is 6.42 Å². The highest BCUT2D eigenvalue weighted by atomic mass is 15.1. The Kier molecular flexibility index (Phi) is 5.01. The molecule has 1 aliphatic carbocycles. The summed E-state index contributed by atoms with van der Waals surface area (Å²) < 4.78 is 0. The van der Waals surface area contributed by atoms with Crippen LogP contribution < -0.4 is 11.1 Å². The van der Waals surface area contributed by atoms with E-state index in [0.29, 0.717) is 5.96 Å². The summed E-state index contributed by atoms with van der Waals surface area (Å²) in [5, 5.41) is 3.15. The van der Waals surface area contributed by atoms with E-state index in [1.807, 2.05) is 12.1 Å². The summed E-state index contributed by atoms with van der Waals surface area (Å²) in [6.07, 6.45) is 8.18. The largest absolute Gasteiger partial charge is 0.370 e. The van der Waals surface area contributed by atoms with E-state index in [0.717, 1.165) is 25.1 Å². The van der Waals surface area contributed by atoms with Gasteiger partial charge in [0.2, 0.25) is 0 Å². The van der Waals surface area contributed by atoms with Crippen molar-refractivity contribution in [3.05, 3.63) is 41.5 Å². The number of anilines is 1. The van der Waals surface area contributed by atoms with Crippen LogP contribution in [0.5, 0.6) is 0 Å². The molecule has 1 aromatic rings. The zero-order valence-electron chi connectivity index (χ0n) is 11.7. The number of rotatable bonds is 5. The number of aliphatic imine (C=N–C) groups is 1. The van der Waals surface area contributed by atoms with Crippen molar-refractivity contribution in [2.75, 3.05) is 11.9 Å². The van der Waals surface area contributed by atoms with Crippen molar-refractivity contribution in [1.82, 2.24) is 0 Å². The molecule has 3 N–H and O–H groups in total. The maximum atomic E-state index is 5.90. The minimum absolute atomic E-state index is 0.506. The van der Waals surface area contributed by atoms with E-state index in [-0.39, 0.29) is 0 Å². The van der Waals surface area contributed by atoms with E-state index in [4.69, 9.17) is 5.73 Å². The number of nitrogens with two attached hydrogens (primary N) is 1. The highest BCUT2D eigenvalue weighted by molar-refractivity contribution is 5.92. The molecule has 2 rings (SSSR count). The average molecular weight is 257 g/mol. The molecule has 3 nitrogen and oxygen atoms in total. The van der Waals surface area contributed by atoms with E-state index in [2.05, 4.69) is 35.4 Å². The lowest BCUT2D eigenvalue weighted by Gasteiger charge is -2.07. The molecule has 1 aromatic carbocycles. The molecule has 0 unspecified atom stereocenters. The van der Waals surface area contributed by atoms with Crippen LogP contribution in [-0.4, -0.2) is 12.5 Å². The maximum absolute atomic E-state index is 5.90.